The zero-order valence-electron chi connectivity index (χ0n) is 77.3. The number of benzene rings is 2. The molecule has 1 fully saturated rings. The lowest BCUT2D eigenvalue weighted by Crippen LogP contribution is -2.60. The summed E-state index contributed by atoms with van der Waals surface area (Å²) in [5, 5.41) is 31.3. The van der Waals surface area contributed by atoms with E-state index in [0.717, 1.165) is 30.8 Å². The van der Waals surface area contributed by atoms with Gasteiger partial charge in [-0.25, -0.2) is 9.59 Å². The molecule has 10 N–H and O–H groups in total. The van der Waals surface area contributed by atoms with E-state index in [2.05, 4.69) is 44.1 Å². The number of likely N-dealkylation sites (tertiary alicyclic amines) is 1. The number of hydrogen-bond acceptors (Lipinski definition) is 25. The monoisotopic (exact) mass is 1780 g/mol. The predicted molar refractivity (Wildman–Crippen MR) is 473 cm³/mol. The number of carbonyl (C=O) groups excluding carboxylic acids is 11. The first-order valence-corrected chi connectivity index (χ1v) is 44.8. The molecule has 2 aromatic rings. The summed E-state index contributed by atoms with van der Waals surface area (Å²) >= 11 is 0. The molecule has 0 aromatic heterocycles. The summed E-state index contributed by atoms with van der Waals surface area (Å²) in [5.74, 6) is -6.58. The number of anilines is 1. The van der Waals surface area contributed by atoms with Gasteiger partial charge in [-0.2, -0.15) is 0 Å². The molecular formula is C90H150N12O24. The Balaban J connectivity index is 1.44. The fraction of sp³-hybridized carbons (Fsp3) is 0.722. The number of likely N-dealkylation sites (N-methyl/N-ethyl adjacent to an activating group) is 2. The van der Waals surface area contributed by atoms with Crippen LogP contribution in [0.4, 0.5) is 15.3 Å². The van der Waals surface area contributed by atoms with Crippen LogP contribution in [0.5, 0.6) is 0 Å². The van der Waals surface area contributed by atoms with Crippen molar-refractivity contribution >= 4 is 71.0 Å². The molecule has 1 saturated heterocycles. The number of aliphatic hydroxyl groups is 1. The van der Waals surface area contributed by atoms with Crippen LogP contribution in [0.3, 0.4) is 0 Å². The summed E-state index contributed by atoms with van der Waals surface area (Å²) in [6.45, 7) is 28.5. The van der Waals surface area contributed by atoms with Gasteiger partial charge in [-0.05, 0) is 99.8 Å². The van der Waals surface area contributed by atoms with Gasteiger partial charge >= 0.3 is 12.1 Å². The average molecular weight is 1780 g/mol. The van der Waals surface area contributed by atoms with Crippen LogP contribution in [-0.2, 0) is 100.0 Å². The van der Waals surface area contributed by atoms with Crippen molar-refractivity contribution in [3.8, 4) is 0 Å². The van der Waals surface area contributed by atoms with Crippen LogP contribution >= 0.6 is 0 Å². The lowest BCUT2D eigenvalue weighted by atomic mass is 9.89. The Kier molecular flexibility index (Phi) is 54.8. The largest absolute Gasteiger partial charge is 0.431 e. The number of nitrogens with one attached hydrogen (secondary N) is 7. The summed E-state index contributed by atoms with van der Waals surface area (Å²) in [5.41, 5.74) is 6.37. The molecule has 4 rings (SSSR count). The van der Waals surface area contributed by atoms with Gasteiger partial charge in [0.05, 0.1) is 167 Å². The van der Waals surface area contributed by atoms with Crippen molar-refractivity contribution in [3.63, 3.8) is 0 Å². The van der Waals surface area contributed by atoms with Crippen LogP contribution in [0.15, 0.2) is 66.7 Å². The van der Waals surface area contributed by atoms with E-state index in [9.17, 15) is 53.1 Å². The summed E-state index contributed by atoms with van der Waals surface area (Å²) in [4.78, 5) is 157. The van der Waals surface area contributed by atoms with Gasteiger partial charge in [0.2, 0.25) is 41.5 Å². The summed E-state index contributed by atoms with van der Waals surface area (Å²) in [6.07, 6.45) is 3.02. The number of nitrogens with two attached hydrogens (primary N) is 1. The van der Waals surface area contributed by atoms with E-state index >= 15 is 4.79 Å². The van der Waals surface area contributed by atoms with Crippen LogP contribution in [-0.4, -0.2) is 324 Å². The van der Waals surface area contributed by atoms with Crippen LogP contribution in [0.25, 0.3) is 0 Å². The third-order valence-corrected chi connectivity index (χ3v) is 22.0. The Hall–Kier alpha value is -8.37. The number of hydrogen-bond donors (Lipinski definition) is 9. The molecule has 0 spiro atoms. The van der Waals surface area contributed by atoms with E-state index in [1.165, 1.54) is 67.5 Å². The second-order valence-electron chi connectivity index (χ2n) is 32.7. The van der Waals surface area contributed by atoms with E-state index in [-0.39, 0.29) is 105 Å². The molecule has 2 aliphatic heterocycles. The van der Waals surface area contributed by atoms with Crippen LogP contribution in [0.1, 0.15) is 170 Å². The van der Waals surface area contributed by atoms with Gasteiger partial charge in [0.15, 0.2) is 0 Å². The summed E-state index contributed by atoms with van der Waals surface area (Å²) in [6, 6.07) is 8.07. The molecule has 1 unspecified atom stereocenters. The molecule has 2 heterocycles. The number of aliphatic hydroxyl groups excluding tert-OH is 1. The Morgan fingerprint density at radius 1 is 0.540 bits per heavy atom. The number of primary amides is 1. The molecule has 0 bridgehead atoms. The number of unbranched alkanes of at least 4 members (excludes halogenated alkanes) is 3. The molecule has 714 valence electrons. The second kappa shape index (κ2) is 62.8. The van der Waals surface area contributed by atoms with Gasteiger partial charge in [0.1, 0.15) is 18.1 Å². The Bertz CT molecular complexity index is 3510. The minimum Gasteiger partial charge on any atom is -0.431 e. The number of methoxy groups -OCH3 is 2. The first-order chi connectivity index (χ1) is 60.4. The molecule has 0 radical (unpaired) electrons. The van der Waals surface area contributed by atoms with Gasteiger partial charge in [-0.1, -0.05) is 131 Å². The van der Waals surface area contributed by atoms with Crippen molar-refractivity contribution in [2.45, 2.75) is 213 Å². The lowest BCUT2D eigenvalue weighted by Gasteiger charge is -2.41. The molecule has 126 heavy (non-hydrogen) atoms. The van der Waals surface area contributed by atoms with E-state index in [4.69, 9.17) is 62.6 Å². The van der Waals surface area contributed by atoms with Gasteiger partial charge in [0.25, 0.3) is 17.7 Å². The lowest BCUT2D eigenvalue weighted by molar-refractivity contribution is -0.148. The molecule has 13 atom stereocenters. The quantitative estimate of drug-likeness (QED) is 0.0280. The molecule has 12 amide bonds. The normalized spacial score (nSPS) is 16.3. The highest BCUT2D eigenvalue weighted by Gasteiger charge is 2.45. The number of carbonyl (C=O) groups is 11. The minimum atomic E-state index is -1.67. The number of imide groups is 1. The third kappa shape index (κ3) is 40.1. The topological polar surface area (TPSA) is 442 Å². The third-order valence-electron chi connectivity index (χ3n) is 22.0. The van der Waals surface area contributed by atoms with Gasteiger partial charge < -0.3 is 115 Å². The Morgan fingerprint density at radius 3 is 1.57 bits per heavy atom. The Labute approximate surface area is 745 Å². The average Bonchev–Trinajstić information content (AvgIpc) is 1.41. The fourth-order valence-corrected chi connectivity index (χ4v) is 14.8. The molecule has 2 aromatic carbocycles. The molecule has 2 aliphatic rings. The van der Waals surface area contributed by atoms with Crippen LogP contribution < -0.4 is 43.0 Å². The predicted octanol–water partition coefficient (Wildman–Crippen LogP) is 5.77. The highest BCUT2D eigenvalue weighted by Crippen LogP contribution is 2.31. The van der Waals surface area contributed by atoms with Crippen molar-refractivity contribution in [2.75, 3.05) is 185 Å². The van der Waals surface area contributed by atoms with Crippen molar-refractivity contribution in [1.82, 2.24) is 51.5 Å². The van der Waals surface area contributed by atoms with Crippen LogP contribution in [0, 0.1) is 29.6 Å². The first kappa shape index (κ1) is 110. The highest BCUT2D eigenvalue weighted by molar-refractivity contribution is 6.12. The highest BCUT2D eigenvalue weighted by atomic mass is 16.6. The molecule has 36 nitrogen and oxygen atoms in total. The van der Waals surface area contributed by atoms with E-state index in [0.29, 0.717) is 143 Å². The van der Waals surface area contributed by atoms with E-state index in [1.54, 1.807) is 65.6 Å². The second-order valence-corrected chi connectivity index (χ2v) is 32.7. The van der Waals surface area contributed by atoms with Crippen molar-refractivity contribution in [3.05, 3.63) is 77.9 Å². The molecular weight excluding hydrogens is 1630 g/mol. The number of rotatable bonds is 69. The smallest absolute Gasteiger partial charge is 0.411 e. The first-order valence-electron chi connectivity index (χ1n) is 44.8. The molecule has 0 saturated carbocycles. The SMILES string of the molecule is CCCOCCOCCOCCOCCOCCOCCOCCOCCOCCNC(=O)C(OC(=O)N(C)[C@H](C(=O)N[C@H](C(=O)N(C)[C@@H]([C@@H](C)CC)[C@@H](CC(=O)N1CCC[C@H]1[C@H](OC)[C@@H](C)C(=O)N[C@H](C)[C@@H](O)c1ccccc1)OC)C(C)C)C(C)C)c1ccc(NC(=O)[C@H](CCCNC(N)=O)NC(=O)[C@@H](NCCCCCCN2C(=O)C=CC2=O)C(C)C)cc1. The van der Waals surface area contributed by atoms with Crippen molar-refractivity contribution in [1.29, 1.82) is 0 Å². The van der Waals surface area contributed by atoms with E-state index < -0.39 is 126 Å². The van der Waals surface area contributed by atoms with Crippen LogP contribution in [0.2, 0.25) is 0 Å². The number of ether oxygens (including phenoxy) is 12. The fourth-order valence-electron chi connectivity index (χ4n) is 14.8. The van der Waals surface area contributed by atoms with Gasteiger partial charge in [-0.15, -0.1) is 0 Å². The summed E-state index contributed by atoms with van der Waals surface area (Å²) in [7, 11) is 5.94. The van der Waals surface area contributed by atoms with Crippen molar-refractivity contribution < 1.29 is 115 Å². The zero-order chi connectivity index (χ0) is 92.9. The number of amides is 12. The Morgan fingerprint density at radius 2 is 1.07 bits per heavy atom. The number of nitrogens with zero attached hydrogens (tertiary/aromatic N) is 4. The van der Waals surface area contributed by atoms with Gasteiger partial charge in [0, 0.05) is 84.5 Å². The maximum Gasteiger partial charge on any atom is 0.411 e. The standard InChI is InChI=1S/C90H150N12O24/c1-16-42-117-44-46-119-48-50-121-52-54-123-56-58-125-59-57-124-55-53-122-51-49-120-47-45-118-43-39-93-87(111)82(68-31-33-69(34-32-68)96-84(108)70(29-25-38-94-89(91)113)97-85(109)76(61(3)4)92-37-23-18-19-24-40-102-73(103)35-36-74(102)104)126-90(114)100(13)78(63(7)8)86(110)98-77(62(5)6)88(112)99(12)79(64(9)17-2)72(115-14)60-75(105)101-41-26-30-71(101)81(116-15)65(10)83(107)95-66(11)80(106)67-27-21-20-22-28-67/h20-22,27-28,31-36,61-66,70-72,76-82,92,106H,16-19,23-26,29-30,37-60H2,1-15H3,(H,93,111)(H,95,107)(H,96,108)(H,97,109)(H,98,110)(H3,91,94,113)/t64-,65+,66+,70-,71-,72+,76-,77-,78-,79-,80+,81+,82?/m0/s1. The van der Waals surface area contributed by atoms with Gasteiger partial charge in [-0.3, -0.25) is 53.0 Å². The minimum absolute atomic E-state index is 0.0211. The zero-order valence-corrected chi connectivity index (χ0v) is 77.3. The van der Waals surface area contributed by atoms with Crippen molar-refractivity contribution in [2.24, 2.45) is 35.3 Å². The number of urea groups is 1. The maximum absolute atomic E-state index is 15.2. The summed E-state index contributed by atoms with van der Waals surface area (Å²) < 4.78 is 68.3. The maximum atomic E-state index is 15.2. The molecule has 0 aliphatic carbocycles. The van der Waals surface area contributed by atoms with E-state index in [1.807, 2.05) is 45.9 Å². The molecule has 36 heteroatoms.